The van der Waals surface area contributed by atoms with E-state index in [0.717, 1.165) is 25.1 Å². The fourth-order valence-corrected chi connectivity index (χ4v) is 3.38. The van der Waals surface area contributed by atoms with Gasteiger partial charge in [-0.15, -0.1) is 0 Å². The number of guanidine groups is 1. The van der Waals surface area contributed by atoms with Crippen molar-refractivity contribution in [1.82, 2.24) is 10.6 Å². The third-order valence-electron chi connectivity index (χ3n) is 5.00. The van der Waals surface area contributed by atoms with E-state index in [-0.39, 0.29) is 12.0 Å². The van der Waals surface area contributed by atoms with Crippen molar-refractivity contribution >= 4 is 5.96 Å². The minimum Gasteiger partial charge on any atom is -0.493 e. The molecule has 28 heavy (non-hydrogen) atoms. The van der Waals surface area contributed by atoms with E-state index in [9.17, 15) is 5.11 Å². The second-order valence-electron chi connectivity index (χ2n) is 6.82. The van der Waals surface area contributed by atoms with Gasteiger partial charge < -0.3 is 34.7 Å². The molecule has 8 heteroatoms. The molecule has 0 saturated carbocycles. The second kappa shape index (κ2) is 11.0. The number of aliphatic hydroxyl groups is 1. The molecule has 0 aliphatic carbocycles. The molecule has 0 aromatic heterocycles. The van der Waals surface area contributed by atoms with Crippen molar-refractivity contribution in [3.63, 3.8) is 0 Å². The van der Waals surface area contributed by atoms with Crippen LogP contribution in [0.15, 0.2) is 17.1 Å². The highest BCUT2D eigenvalue weighted by molar-refractivity contribution is 5.79. The molecule has 2 rings (SSSR count). The molecule has 0 bridgehead atoms. The first-order valence-corrected chi connectivity index (χ1v) is 9.61. The van der Waals surface area contributed by atoms with Gasteiger partial charge in [-0.3, -0.25) is 0 Å². The van der Waals surface area contributed by atoms with Crippen LogP contribution in [0, 0.1) is 5.41 Å². The molecule has 1 aliphatic heterocycles. The Labute approximate surface area is 167 Å². The number of benzene rings is 1. The smallest absolute Gasteiger partial charge is 0.203 e. The first kappa shape index (κ1) is 22.1. The van der Waals surface area contributed by atoms with Crippen LogP contribution < -0.4 is 24.8 Å². The van der Waals surface area contributed by atoms with E-state index in [0.29, 0.717) is 49.3 Å². The van der Waals surface area contributed by atoms with E-state index < -0.39 is 0 Å². The predicted molar refractivity (Wildman–Crippen MR) is 108 cm³/mol. The van der Waals surface area contributed by atoms with E-state index in [4.69, 9.17) is 23.9 Å². The number of methoxy groups -OCH3 is 3. The van der Waals surface area contributed by atoms with Gasteiger partial charge in [0.1, 0.15) is 0 Å². The van der Waals surface area contributed by atoms with Gasteiger partial charge in [-0.2, -0.15) is 0 Å². The Balaban J connectivity index is 2.14. The number of nitrogens with zero attached hydrogens (tertiary/aromatic N) is 1. The summed E-state index contributed by atoms with van der Waals surface area (Å²) in [7, 11) is 4.79. The Hall–Kier alpha value is -2.19. The van der Waals surface area contributed by atoms with Gasteiger partial charge in [-0.05, 0) is 31.9 Å². The van der Waals surface area contributed by atoms with Crippen LogP contribution >= 0.6 is 0 Å². The Morgan fingerprint density at radius 2 is 1.96 bits per heavy atom. The molecule has 0 amide bonds. The average molecular weight is 396 g/mol. The summed E-state index contributed by atoms with van der Waals surface area (Å²) >= 11 is 0. The topological polar surface area (TPSA) is 93.6 Å². The minimum absolute atomic E-state index is 0.0496. The molecule has 1 aromatic rings. The zero-order valence-electron chi connectivity index (χ0n) is 17.3. The lowest BCUT2D eigenvalue weighted by molar-refractivity contribution is 0.127. The molecule has 1 unspecified atom stereocenters. The van der Waals surface area contributed by atoms with Crippen LogP contribution in [-0.2, 0) is 11.3 Å². The summed E-state index contributed by atoms with van der Waals surface area (Å²) < 4.78 is 21.9. The molecule has 1 aromatic carbocycles. The summed E-state index contributed by atoms with van der Waals surface area (Å²) in [6.45, 7) is 5.43. The van der Waals surface area contributed by atoms with Gasteiger partial charge in [-0.1, -0.05) is 0 Å². The molecule has 0 spiro atoms. The van der Waals surface area contributed by atoms with E-state index in [2.05, 4.69) is 10.6 Å². The SMILES string of the molecule is CCNC(=NCc1ccc(OC)c(OC)c1OC)NCC1(CCO)CCOC1. The Morgan fingerprint density at radius 3 is 2.54 bits per heavy atom. The molecule has 3 N–H and O–H groups in total. The van der Waals surface area contributed by atoms with Crippen molar-refractivity contribution in [3.8, 4) is 17.2 Å². The van der Waals surface area contributed by atoms with E-state index in [1.807, 2.05) is 19.1 Å². The van der Waals surface area contributed by atoms with Crippen LogP contribution in [0.4, 0.5) is 0 Å². The van der Waals surface area contributed by atoms with Gasteiger partial charge in [0, 0.05) is 37.3 Å². The van der Waals surface area contributed by atoms with Crippen LogP contribution in [0.1, 0.15) is 25.3 Å². The van der Waals surface area contributed by atoms with Crippen molar-refractivity contribution in [2.45, 2.75) is 26.3 Å². The third-order valence-corrected chi connectivity index (χ3v) is 5.00. The van der Waals surface area contributed by atoms with Gasteiger partial charge in [0.2, 0.25) is 5.75 Å². The highest BCUT2D eigenvalue weighted by Gasteiger charge is 2.34. The van der Waals surface area contributed by atoms with Gasteiger partial charge in [0.15, 0.2) is 17.5 Å². The van der Waals surface area contributed by atoms with Crippen LogP contribution in [0.3, 0.4) is 0 Å². The summed E-state index contributed by atoms with van der Waals surface area (Å²) in [4.78, 5) is 4.69. The fraction of sp³-hybridized carbons (Fsp3) is 0.650. The van der Waals surface area contributed by atoms with Crippen LogP contribution in [-0.4, -0.2) is 65.3 Å². The predicted octanol–water partition coefficient (Wildman–Crippen LogP) is 1.56. The number of hydrogen-bond donors (Lipinski definition) is 3. The average Bonchev–Trinajstić information content (AvgIpc) is 3.18. The number of rotatable bonds is 10. The lowest BCUT2D eigenvalue weighted by Crippen LogP contribution is -2.44. The molecule has 1 saturated heterocycles. The van der Waals surface area contributed by atoms with Gasteiger partial charge in [-0.25, -0.2) is 4.99 Å². The van der Waals surface area contributed by atoms with Crippen molar-refractivity contribution in [2.24, 2.45) is 10.4 Å². The summed E-state index contributed by atoms with van der Waals surface area (Å²) in [6, 6.07) is 3.77. The Morgan fingerprint density at radius 1 is 1.18 bits per heavy atom. The number of nitrogens with one attached hydrogen (secondary N) is 2. The maximum atomic E-state index is 9.40. The van der Waals surface area contributed by atoms with Gasteiger partial charge in [0.25, 0.3) is 0 Å². The zero-order valence-corrected chi connectivity index (χ0v) is 17.3. The first-order valence-electron chi connectivity index (χ1n) is 9.61. The molecule has 1 fully saturated rings. The van der Waals surface area contributed by atoms with Crippen molar-refractivity contribution in [2.75, 3.05) is 54.2 Å². The highest BCUT2D eigenvalue weighted by atomic mass is 16.5. The number of aliphatic imine (C=N–C) groups is 1. The van der Waals surface area contributed by atoms with Crippen LogP contribution in [0.2, 0.25) is 0 Å². The lowest BCUT2D eigenvalue weighted by Gasteiger charge is -2.27. The standard InChI is InChI=1S/C20H33N3O5/c1-5-21-19(23-13-20(8-10-24)9-11-28-14-20)22-12-15-6-7-16(25-2)18(27-4)17(15)26-3/h6-7,24H,5,8-14H2,1-4H3,(H2,21,22,23). The minimum atomic E-state index is -0.0496. The van der Waals surface area contributed by atoms with Crippen LogP contribution in [0.5, 0.6) is 17.2 Å². The third kappa shape index (κ3) is 5.42. The molecule has 0 radical (unpaired) electrons. The largest absolute Gasteiger partial charge is 0.493 e. The number of aliphatic hydroxyl groups excluding tert-OH is 1. The Bertz CT molecular complexity index is 645. The molecule has 8 nitrogen and oxygen atoms in total. The normalized spacial score (nSPS) is 19.4. The van der Waals surface area contributed by atoms with Gasteiger partial charge in [0.05, 0.1) is 34.5 Å². The maximum Gasteiger partial charge on any atom is 0.203 e. The Kier molecular flexibility index (Phi) is 8.66. The summed E-state index contributed by atoms with van der Waals surface area (Å²) in [5.74, 6) is 2.50. The van der Waals surface area contributed by atoms with E-state index >= 15 is 0 Å². The monoisotopic (exact) mass is 395 g/mol. The van der Waals surface area contributed by atoms with Crippen LogP contribution in [0.25, 0.3) is 0 Å². The van der Waals surface area contributed by atoms with Crippen molar-refractivity contribution < 1.29 is 24.1 Å². The highest BCUT2D eigenvalue weighted by Crippen LogP contribution is 2.40. The summed E-state index contributed by atoms with van der Waals surface area (Å²) in [6.07, 6.45) is 1.65. The quantitative estimate of drug-likeness (QED) is 0.409. The summed E-state index contributed by atoms with van der Waals surface area (Å²) in [5.41, 5.74) is 0.845. The molecule has 1 atom stereocenters. The van der Waals surface area contributed by atoms with Crippen molar-refractivity contribution in [1.29, 1.82) is 0 Å². The van der Waals surface area contributed by atoms with Gasteiger partial charge >= 0.3 is 0 Å². The summed E-state index contributed by atoms with van der Waals surface area (Å²) in [5, 5.41) is 16.1. The lowest BCUT2D eigenvalue weighted by atomic mass is 9.84. The van der Waals surface area contributed by atoms with E-state index in [1.165, 1.54) is 0 Å². The molecular weight excluding hydrogens is 362 g/mol. The maximum absolute atomic E-state index is 9.40. The number of hydrogen-bond acceptors (Lipinski definition) is 6. The number of ether oxygens (including phenoxy) is 4. The fourth-order valence-electron chi connectivity index (χ4n) is 3.38. The second-order valence-corrected chi connectivity index (χ2v) is 6.82. The zero-order chi connectivity index (χ0) is 20.4. The molecule has 1 heterocycles. The molecule has 1 aliphatic rings. The molecular formula is C20H33N3O5. The van der Waals surface area contributed by atoms with Crippen molar-refractivity contribution in [3.05, 3.63) is 17.7 Å². The molecule has 158 valence electrons. The first-order chi connectivity index (χ1) is 13.6. The van der Waals surface area contributed by atoms with E-state index in [1.54, 1.807) is 21.3 Å².